The molecule has 0 saturated heterocycles. The number of hydrogen-bond acceptors (Lipinski definition) is 7. The number of esters is 2. The number of phosphoric ester groups is 1. The van der Waals surface area contributed by atoms with Crippen molar-refractivity contribution >= 4 is 19.8 Å². The van der Waals surface area contributed by atoms with Gasteiger partial charge in [-0.25, -0.2) is 4.57 Å². The number of allylic oxidation sites excluding steroid dienone is 20. The molecule has 0 radical (unpaired) electrons. The predicted molar refractivity (Wildman–Crippen MR) is 311 cm³/mol. The number of carbonyl (C=O) groups is 2. The van der Waals surface area contributed by atoms with Crippen LogP contribution in [0.4, 0.5) is 0 Å². The molecule has 9 nitrogen and oxygen atoms in total. The summed E-state index contributed by atoms with van der Waals surface area (Å²) < 4.78 is 34.4. The Hall–Kier alpha value is -3.59. The summed E-state index contributed by atoms with van der Waals surface area (Å²) in [5.41, 5.74) is 0. The van der Waals surface area contributed by atoms with Crippen LogP contribution in [0.1, 0.15) is 213 Å². The Kier molecular flexibility index (Phi) is 50.6. The van der Waals surface area contributed by atoms with Gasteiger partial charge in [-0.05, 0) is 89.9 Å². The molecule has 0 aromatic heterocycles. The van der Waals surface area contributed by atoms with E-state index in [1.807, 2.05) is 21.1 Å². The standard InChI is InChI=1S/C63H106NO8P/c1-6-8-10-12-14-16-18-20-21-22-23-24-25-26-27-28-29-30-31-32-33-34-35-36-37-38-39-40-41-42-43-44-46-48-50-52-54-56-63(66)72-61(60-71-73(67,68)70-58-57-64(3,4)5)59-69-62(65)55-53-51-49-47-45-19-17-15-13-11-9-7-2/h8,10,14,16,20-21,23-24,26-27,29-30,32-33,35-36,38-39,41-42,61H,6-7,9,11-13,15,17-19,22,25,28,31,34,37,40,43-60H2,1-5H3/p+1/b10-8-,16-14-,21-20-,24-23-,27-26-,30-29-,33-32-,36-35-,39-38-,42-41-. The summed E-state index contributed by atoms with van der Waals surface area (Å²) in [5.74, 6) is -0.820. The Labute approximate surface area is 448 Å². The molecule has 2 atom stereocenters. The maximum absolute atomic E-state index is 12.8. The molecule has 0 aromatic rings. The van der Waals surface area contributed by atoms with Gasteiger partial charge >= 0.3 is 19.8 Å². The Morgan fingerprint density at radius 2 is 0.781 bits per heavy atom. The van der Waals surface area contributed by atoms with Crippen LogP contribution in [0, 0.1) is 0 Å². The van der Waals surface area contributed by atoms with Crippen molar-refractivity contribution in [2.45, 2.75) is 219 Å². The minimum atomic E-state index is -4.39. The first-order chi connectivity index (χ1) is 35.5. The summed E-state index contributed by atoms with van der Waals surface area (Å²) in [7, 11) is 1.45. The second-order valence-corrected chi connectivity index (χ2v) is 21.4. The Morgan fingerprint density at radius 3 is 1.16 bits per heavy atom. The van der Waals surface area contributed by atoms with Gasteiger partial charge in [0.2, 0.25) is 0 Å². The van der Waals surface area contributed by atoms with Crippen LogP contribution in [-0.2, 0) is 32.7 Å². The SMILES string of the molecule is CC/C=C\C/C=C\C/C=C\C/C=C\C/C=C\C/C=C\C/C=C\C/C=C\C/C=C\C/C=C\CCCCCCCCC(=O)OC(COC(=O)CCCCCCCCCCCCCC)COP(=O)(O)OCC[N+](C)(C)C. The lowest BCUT2D eigenvalue weighted by Gasteiger charge is -2.24. The molecule has 0 aliphatic carbocycles. The van der Waals surface area contributed by atoms with E-state index in [2.05, 4.69) is 135 Å². The van der Waals surface area contributed by atoms with Gasteiger partial charge in [-0.15, -0.1) is 0 Å². The Bertz CT molecular complexity index is 1650. The molecule has 0 saturated carbocycles. The molecular formula is C63H107NO8P+. The van der Waals surface area contributed by atoms with Crippen molar-refractivity contribution in [1.82, 2.24) is 0 Å². The quantitative estimate of drug-likeness (QED) is 0.0211. The fourth-order valence-corrected chi connectivity index (χ4v) is 8.08. The summed E-state index contributed by atoms with van der Waals surface area (Å²) in [6.45, 7) is 4.28. The number of hydrogen-bond donors (Lipinski definition) is 1. The summed E-state index contributed by atoms with van der Waals surface area (Å²) in [5, 5.41) is 0. The van der Waals surface area contributed by atoms with Crippen LogP contribution >= 0.6 is 7.82 Å². The van der Waals surface area contributed by atoms with E-state index in [-0.39, 0.29) is 32.0 Å². The topological polar surface area (TPSA) is 108 Å². The van der Waals surface area contributed by atoms with E-state index >= 15 is 0 Å². The van der Waals surface area contributed by atoms with Gasteiger partial charge in [0.25, 0.3) is 0 Å². The van der Waals surface area contributed by atoms with Crippen LogP contribution in [0.2, 0.25) is 0 Å². The van der Waals surface area contributed by atoms with Crippen molar-refractivity contribution < 1.29 is 42.1 Å². The van der Waals surface area contributed by atoms with Crippen LogP contribution < -0.4 is 0 Å². The third kappa shape index (κ3) is 57.5. The molecule has 0 bridgehead atoms. The molecule has 0 aromatic carbocycles. The first-order valence-corrected chi connectivity index (χ1v) is 30.3. The highest BCUT2D eigenvalue weighted by atomic mass is 31.2. The maximum Gasteiger partial charge on any atom is 0.472 e. The van der Waals surface area contributed by atoms with E-state index in [4.69, 9.17) is 18.5 Å². The summed E-state index contributed by atoms with van der Waals surface area (Å²) in [6.07, 6.45) is 75.6. The fourth-order valence-electron chi connectivity index (χ4n) is 7.34. The molecule has 1 N–H and O–H groups in total. The zero-order valence-electron chi connectivity index (χ0n) is 47.1. The van der Waals surface area contributed by atoms with Gasteiger partial charge in [0.15, 0.2) is 6.10 Å². The normalized spacial score (nSPS) is 14.2. The number of likely N-dealkylation sites (N-methyl/N-ethyl adjacent to an activating group) is 1. The molecule has 0 amide bonds. The molecular weight excluding hydrogens is 930 g/mol. The van der Waals surface area contributed by atoms with Crippen molar-refractivity contribution in [3.8, 4) is 0 Å². The van der Waals surface area contributed by atoms with Gasteiger partial charge in [-0.2, -0.15) is 0 Å². The molecule has 0 heterocycles. The number of rotatable bonds is 51. The molecule has 416 valence electrons. The van der Waals surface area contributed by atoms with Crippen LogP contribution in [0.5, 0.6) is 0 Å². The highest BCUT2D eigenvalue weighted by molar-refractivity contribution is 7.47. The number of nitrogens with zero attached hydrogens (tertiary/aromatic N) is 1. The lowest BCUT2D eigenvalue weighted by Crippen LogP contribution is -2.37. The van der Waals surface area contributed by atoms with E-state index in [1.165, 1.54) is 57.8 Å². The van der Waals surface area contributed by atoms with Crippen molar-refractivity contribution in [2.75, 3.05) is 47.5 Å². The van der Waals surface area contributed by atoms with Gasteiger partial charge in [-0.1, -0.05) is 232 Å². The van der Waals surface area contributed by atoms with Crippen LogP contribution in [-0.4, -0.2) is 74.9 Å². The number of unbranched alkanes of at least 4 members (excludes halogenated alkanes) is 17. The largest absolute Gasteiger partial charge is 0.472 e. The zero-order chi connectivity index (χ0) is 53.5. The van der Waals surface area contributed by atoms with Gasteiger partial charge in [0.1, 0.15) is 19.8 Å². The summed E-state index contributed by atoms with van der Waals surface area (Å²) >= 11 is 0. The van der Waals surface area contributed by atoms with Gasteiger partial charge in [-0.3, -0.25) is 18.6 Å². The maximum atomic E-state index is 12.8. The van der Waals surface area contributed by atoms with E-state index < -0.39 is 26.5 Å². The van der Waals surface area contributed by atoms with Crippen molar-refractivity contribution in [3.05, 3.63) is 122 Å². The second-order valence-electron chi connectivity index (χ2n) is 19.9. The molecule has 73 heavy (non-hydrogen) atoms. The predicted octanol–water partition coefficient (Wildman–Crippen LogP) is 18.0. The lowest BCUT2D eigenvalue weighted by molar-refractivity contribution is -0.870. The first kappa shape index (κ1) is 69.4. The Morgan fingerprint density at radius 1 is 0.438 bits per heavy atom. The summed E-state index contributed by atoms with van der Waals surface area (Å²) in [6, 6.07) is 0. The van der Waals surface area contributed by atoms with E-state index in [1.54, 1.807) is 0 Å². The van der Waals surface area contributed by atoms with Gasteiger partial charge < -0.3 is 18.9 Å². The minimum absolute atomic E-state index is 0.0237. The molecule has 2 unspecified atom stereocenters. The lowest BCUT2D eigenvalue weighted by atomic mass is 10.0. The monoisotopic (exact) mass is 1040 g/mol. The smallest absolute Gasteiger partial charge is 0.462 e. The zero-order valence-corrected chi connectivity index (χ0v) is 48.0. The van der Waals surface area contributed by atoms with E-state index in [0.717, 1.165) is 122 Å². The highest BCUT2D eigenvalue weighted by Crippen LogP contribution is 2.43. The number of phosphoric acid groups is 1. The molecule has 0 fully saturated rings. The molecule has 0 rings (SSSR count). The average molecular weight is 1040 g/mol. The minimum Gasteiger partial charge on any atom is -0.462 e. The molecule has 0 spiro atoms. The molecule has 10 heteroatoms. The van der Waals surface area contributed by atoms with Crippen LogP contribution in [0.3, 0.4) is 0 Å². The molecule has 0 aliphatic rings. The van der Waals surface area contributed by atoms with Gasteiger partial charge in [0, 0.05) is 12.8 Å². The number of carbonyl (C=O) groups excluding carboxylic acids is 2. The fraction of sp³-hybridized carbons (Fsp3) is 0.651. The number of quaternary nitrogens is 1. The van der Waals surface area contributed by atoms with Crippen molar-refractivity contribution in [1.29, 1.82) is 0 Å². The van der Waals surface area contributed by atoms with Crippen molar-refractivity contribution in [3.63, 3.8) is 0 Å². The Balaban J connectivity index is 4.16. The van der Waals surface area contributed by atoms with E-state index in [9.17, 15) is 19.0 Å². The summed E-state index contributed by atoms with van der Waals surface area (Å²) in [4.78, 5) is 35.5. The van der Waals surface area contributed by atoms with E-state index in [0.29, 0.717) is 17.4 Å². The number of ether oxygens (including phenoxy) is 2. The third-order valence-corrected chi connectivity index (χ3v) is 12.7. The van der Waals surface area contributed by atoms with Crippen molar-refractivity contribution in [2.24, 2.45) is 0 Å². The van der Waals surface area contributed by atoms with Crippen LogP contribution in [0.25, 0.3) is 0 Å². The third-order valence-electron chi connectivity index (χ3n) is 11.8. The van der Waals surface area contributed by atoms with Gasteiger partial charge in [0.05, 0.1) is 27.7 Å². The molecule has 0 aliphatic heterocycles. The highest BCUT2D eigenvalue weighted by Gasteiger charge is 2.27. The first-order valence-electron chi connectivity index (χ1n) is 28.8. The average Bonchev–Trinajstić information content (AvgIpc) is 3.35. The van der Waals surface area contributed by atoms with Crippen LogP contribution in [0.15, 0.2) is 122 Å². The second kappa shape index (κ2) is 53.2.